The van der Waals surface area contributed by atoms with Crippen molar-refractivity contribution >= 4 is 22.7 Å². The van der Waals surface area contributed by atoms with Crippen LogP contribution in [0.2, 0.25) is 0 Å². The molecule has 0 amide bonds. The molecule has 17 heavy (non-hydrogen) atoms. The predicted molar refractivity (Wildman–Crippen MR) is 57.9 cm³/mol. The molecule has 2 N–H and O–H groups in total. The second-order valence-electron chi connectivity index (χ2n) is 3.32. The molecule has 0 saturated heterocycles. The molecule has 2 aromatic carbocycles. The summed E-state index contributed by atoms with van der Waals surface area (Å²) in [4.78, 5) is 22.0. The molecule has 0 aliphatic rings. The molecule has 4 nitrogen and oxygen atoms in total. The smallest absolute Gasteiger partial charge is 0.337 e. The van der Waals surface area contributed by atoms with Crippen LogP contribution in [0, 0.1) is 0 Å². The normalized spacial score (nSPS) is 9.65. The fourth-order valence-corrected chi connectivity index (χ4v) is 1.68. The summed E-state index contributed by atoms with van der Waals surface area (Å²) in [6.07, 6.45) is 0. The van der Waals surface area contributed by atoms with Gasteiger partial charge in [-0.3, -0.25) is 0 Å². The Kier molecular flexibility index (Phi) is 3.86. The number of carbonyl (C=O) groups is 2. The predicted octanol–water partition coefficient (Wildman–Crippen LogP) is 2.23. The van der Waals surface area contributed by atoms with Gasteiger partial charge in [-0.25, -0.2) is 9.59 Å². The van der Waals surface area contributed by atoms with Crippen LogP contribution in [0.4, 0.5) is 0 Å². The Hall–Kier alpha value is -1.87. The maximum Gasteiger partial charge on any atom is 0.337 e. The Bertz CT molecular complexity index is 592. The molecular weight excluding hydrogens is 267 g/mol. The van der Waals surface area contributed by atoms with Crippen LogP contribution >= 0.6 is 0 Å². The summed E-state index contributed by atoms with van der Waals surface area (Å²) >= 11 is 0. The number of hydrogen-bond acceptors (Lipinski definition) is 2. The Morgan fingerprint density at radius 2 is 1.53 bits per heavy atom. The minimum atomic E-state index is -1.23. The molecule has 0 unspecified atom stereocenters. The fourth-order valence-electron chi connectivity index (χ4n) is 1.68. The number of carboxylic acid groups (broad SMARTS) is 2. The van der Waals surface area contributed by atoms with Crippen LogP contribution in [0.5, 0.6) is 0 Å². The number of benzene rings is 2. The van der Waals surface area contributed by atoms with Crippen molar-refractivity contribution in [3.05, 3.63) is 47.5 Å². The molecule has 0 atom stereocenters. The van der Waals surface area contributed by atoms with E-state index in [4.69, 9.17) is 10.2 Å². The second kappa shape index (κ2) is 4.98. The molecular formula is C12H8NiO4. The van der Waals surface area contributed by atoms with Crippen LogP contribution < -0.4 is 0 Å². The van der Waals surface area contributed by atoms with Crippen molar-refractivity contribution in [2.45, 2.75) is 0 Å². The number of rotatable bonds is 2. The summed E-state index contributed by atoms with van der Waals surface area (Å²) in [5.41, 5.74) is -0.350. The summed E-state index contributed by atoms with van der Waals surface area (Å²) in [5.74, 6) is -2.46. The van der Waals surface area contributed by atoms with Gasteiger partial charge < -0.3 is 10.2 Å². The zero-order valence-corrected chi connectivity index (χ0v) is 9.48. The van der Waals surface area contributed by atoms with Crippen LogP contribution in [0.1, 0.15) is 20.7 Å². The van der Waals surface area contributed by atoms with Gasteiger partial charge in [0.05, 0.1) is 11.1 Å². The van der Waals surface area contributed by atoms with E-state index in [0.29, 0.717) is 10.8 Å². The maximum absolute atomic E-state index is 11.1. The first-order chi connectivity index (χ1) is 7.61. The van der Waals surface area contributed by atoms with Crippen molar-refractivity contribution in [2.75, 3.05) is 0 Å². The molecule has 5 heteroatoms. The zero-order chi connectivity index (χ0) is 11.7. The van der Waals surface area contributed by atoms with Crippen molar-refractivity contribution in [3.8, 4) is 0 Å². The van der Waals surface area contributed by atoms with Gasteiger partial charge in [0.1, 0.15) is 0 Å². The van der Waals surface area contributed by atoms with E-state index < -0.39 is 11.9 Å². The molecule has 2 aromatic rings. The Morgan fingerprint density at radius 3 is 2.12 bits per heavy atom. The molecule has 0 heterocycles. The first kappa shape index (κ1) is 13.2. The minimum Gasteiger partial charge on any atom is -0.478 e. The van der Waals surface area contributed by atoms with Crippen LogP contribution in [0.15, 0.2) is 36.4 Å². The van der Waals surface area contributed by atoms with Crippen LogP contribution in [0.3, 0.4) is 0 Å². The van der Waals surface area contributed by atoms with Gasteiger partial charge in [-0.15, -0.1) is 0 Å². The second-order valence-corrected chi connectivity index (χ2v) is 3.32. The van der Waals surface area contributed by atoms with Gasteiger partial charge in [-0.1, -0.05) is 30.3 Å². The summed E-state index contributed by atoms with van der Waals surface area (Å²) < 4.78 is 0. The summed E-state index contributed by atoms with van der Waals surface area (Å²) in [7, 11) is 0. The van der Waals surface area contributed by atoms with Crippen molar-refractivity contribution < 1.29 is 36.3 Å². The molecule has 90 valence electrons. The van der Waals surface area contributed by atoms with E-state index in [1.165, 1.54) is 6.07 Å². The van der Waals surface area contributed by atoms with E-state index in [1.54, 1.807) is 30.3 Å². The van der Waals surface area contributed by atoms with Crippen LogP contribution in [-0.2, 0) is 16.5 Å². The van der Waals surface area contributed by atoms with Crippen molar-refractivity contribution in [1.29, 1.82) is 0 Å². The number of hydrogen-bond donors (Lipinski definition) is 2. The van der Waals surface area contributed by atoms with Gasteiger partial charge in [0.2, 0.25) is 0 Å². The standard InChI is InChI=1S/C12H8O4.Ni/c13-11(14)9-6-5-7-3-1-2-4-8(7)10(9)12(15)16;/h1-6H,(H,13,14)(H,15,16);. The van der Waals surface area contributed by atoms with Crippen molar-refractivity contribution in [1.82, 2.24) is 0 Å². The van der Waals surface area contributed by atoms with E-state index in [1.807, 2.05) is 0 Å². The van der Waals surface area contributed by atoms with Crippen LogP contribution in [0.25, 0.3) is 10.8 Å². The van der Waals surface area contributed by atoms with Gasteiger partial charge in [-0.2, -0.15) is 0 Å². The Morgan fingerprint density at radius 1 is 0.882 bits per heavy atom. The van der Waals surface area contributed by atoms with Gasteiger partial charge in [0.15, 0.2) is 0 Å². The Balaban J connectivity index is 0.00000144. The first-order valence-electron chi connectivity index (χ1n) is 4.59. The average molecular weight is 275 g/mol. The molecule has 0 bridgehead atoms. The molecule has 0 saturated carbocycles. The van der Waals surface area contributed by atoms with Crippen molar-refractivity contribution in [3.63, 3.8) is 0 Å². The third-order valence-corrected chi connectivity index (χ3v) is 2.37. The van der Waals surface area contributed by atoms with Gasteiger partial charge in [-0.05, 0) is 16.8 Å². The van der Waals surface area contributed by atoms with Gasteiger partial charge in [0.25, 0.3) is 0 Å². The third-order valence-electron chi connectivity index (χ3n) is 2.37. The molecule has 0 aromatic heterocycles. The third kappa shape index (κ3) is 2.29. The molecule has 2 rings (SSSR count). The fraction of sp³-hybridized carbons (Fsp3) is 0. The van der Waals surface area contributed by atoms with E-state index in [2.05, 4.69) is 0 Å². The molecule has 0 aliphatic heterocycles. The molecule has 0 spiro atoms. The van der Waals surface area contributed by atoms with E-state index in [9.17, 15) is 9.59 Å². The van der Waals surface area contributed by atoms with Gasteiger partial charge >= 0.3 is 11.9 Å². The van der Waals surface area contributed by atoms with E-state index in [0.717, 1.165) is 0 Å². The van der Waals surface area contributed by atoms with Crippen molar-refractivity contribution in [2.24, 2.45) is 0 Å². The number of fused-ring (bicyclic) bond motifs is 1. The van der Waals surface area contributed by atoms with E-state index >= 15 is 0 Å². The van der Waals surface area contributed by atoms with E-state index in [-0.39, 0.29) is 27.6 Å². The monoisotopic (exact) mass is 274 g/mol. The SMILES string of the molecule is O=C(O)c1ccc2ccccc2c1C(=O)O.[Ni]. The summed E-state index contributed by atoms with van der Waals surface area (Å²) in [5, 5.41) is 19.1. The quantitative estimate of drug-likeness (QED) is 0.824. The molecule has 0 aliphatic carbocycles. The maximum atomic E-state index is 11.1. The van der Waals surface area contributed by atoms with Gasteiger partial charge in [0, 0.05) is 16.5 Å². The first-order valence-corrected chi connectivity index (χ1v) is 4.59. The zero-order valence-electron chi connectivity index (χ0n) is 8.49. The largest absolute Gasteiger partial charge is 0.478 e. The Labute approximate surface area is 107 Å². The number of aromatic carboxylic acids is 2. The number of carboxylic acids is 2. The average Bonchev–Trinajstić information content (AvgIpc) is 2.27. The molecule has 0 radical (unpaired) electrons. The van der Waals surface area contributed by atoms with Crippen LogP contribution in [-0.4, -0.2) is 22.2 Å². The molecule has 0 fully saturated rings. The summed E-state index contributed by atoms with van der Waals surface area (Å²) in [6, 6.07) is 9.72. The minimum absolute atomic E-state index is 0. The summed E-state index contributed by atoms with van der Waals surface area (Å²) in [6.45, 7) is 0. The topological polar surface area (TPSA) is 74.6 Å².